The maximum absolute atomic E-state index is 12.1. The third-order valence-corrected chi connectivity index (χ3v) is 3.42. The molecule has 0 saturated heterocycles. The minimum Gasteiger partial charge on any atom is -0.493 e. The zero-order valence-corrected chi connectivity index (χ0v) is 14.3. The van der Waals surface area contributed by atoms with Crippen molar-refractivity contribution in [2.45, 2.75) is 0 Å². The molecule has 2 aromatic carbocycles. The van der Waals surface area contributed by atoms with E-state index in [9.17, 15) is 9.59 Å². The molecule has 0 aliphatic carbocycles. The first-order chi connectivity index (χ1) is 12.1. The summed E-state index contributed by atoms with van der Waals surface area (Å²) in [6, 6.07) is 14.1. The predicted octanol–water partition coefficient (Wildman–Crippen LogP) is 2.83. The van der Waals surface area contributed by atoms with Crippen LogP contribution in [0.4, 0.5) is 5.69 Å². The van der Waals surface area contributed by atoms with Gasteiger partial charge in [0, 0.05) is 24.9 Å². The molecule has 0 heterocycles. The topological polar surface area (TPSA) is 65.1 Å². The number of methoxy groups -OCH3 is 2. The van der Waals surface area contributed by atoms with E-state index in [2.05, 4.69) is 0 Å². The minimum atomic E-state index is -0.711. The molecule has 0 aromatic heterocycles. The monoisotopic (exact) mass is 341 g/mol. The molecule has 0 spiro atoms. The highest BCUT2D eigenvalue weighted by molar-refractivity contribution is 6.04. The Labute approximate surface area is 146 Å². The van der Waals surface area contributed by atoms with Crippen LogP contribution in [0.15, 0.2) is 60.7 Å². The zero-order chi connectivity index (χ0) is 18.2. The number of benzene rings is 2. The van der Waals surface area contributed by atoms with Crippen LogP contribution in [0.5, 0.6) is 17.2 Å². The van der Waals surface area contributed by atoms with Gasteiger partial charge in [-0.25, -0.2) is 4.79 Å². The van der Waals surface area contributed by atoms with Gasteiger partial charge in [-0.3, -0.25) is 4.79 Å². The Morgan fingerprint density at radius 3 is 2.04 bits per heavy atom. The minimum absolute atomic E-state index is 0.158. The van der Waals surface area contributed by atoms with Gasteiger partial charge in [0.25, 0.3) is 5.91 Å². The number of carbonyl (C=O) groups is 2. The Balaban J connectivity index is 2.08. The van der Waals surface area contributed by atoms with Gasteiger partial charge in [0.2, 0.25) is 5.75 Å². The van der Waals surface area contributed by atoms with E-state index in [-0.39, 0.29) is 11.7 Å². The Morgan fingerprint density at radius 2 is 1.48 bits per heavy atom. The number of carbonyl (C=O) groups excluding carboxylic acids is 2. The Bertz CT molecular complexity index is 748. The smallest absolute Gasteiger partial charge is 0.336 e. The molecule has 25 heavy (non-hydrogen) atoms. The lowest BCUT2D eigenvalue weighted by Gasteiger charge is -2.14. The summed E-state index contributed by atoms with van der Waals surface area (Å²) in [5.41, 5.74) is 0.719. The predicted molar refractivity (Wildman–Crippen MR) is 94.2 cm³/mol. The SMILES string of the molecule is COc1cccc(OC)c1OC(=O)/C=C/C(=O)N(C)c1ccccc1. The number of anilines is 1. The fourth-order valence-corrected chi connectivity index (χ4v) is 2.08. The lowest BCUT2D eigenvalue weighted by molar-refractivity contribution is -0.129. The number of esters is 1. The van der Waals surface area contributed by atoms with Gasteiger partial charge in [0.15, 0.2) is 11.5 Å². The van der Waals surface area contributed by atoms with E-state index in [1.54, 1.807) is 37.4 Å². The quantitative estimate of drug-likeness (QED) is 0.459. The maximum atomic E-state index is 12.1. The van der Waals surface area contributed by atoms with Crippen LogP contribution in [0.3, 0.4) is 0 Å². The largest absolute Gasteiger partial charge is 0.493 e. The first kappa shape index (κ1) is 18.1. The third kappa shape index (κ3) is 4.60. The summed E-state index contributed by atoms with van der Waals surface area (Å²) in [6.07, 6.45) is 2.21. The number of hydrogen-bond acceptors (Lipinski definition) is 5. The highest BCUT2D eigenvalue weighted by Gasteiger charge is 2.15. The molecule has 0 bridgehead atoms. The molecule has 0 unspecified atom stereocenters. The van der Waals surface area contributed by atoms with Crippen LogP contribution in [0.2, 0.25) is 0 Å². The molecule has 0 fully saturated rings. The van der Waals surface area contributed by atoms with Crippen LogP contribution in [0.25, 0.3) is 0 Å². The van der Waals surface area contributed by atoms with Crippen LogP contribution >= 0.6 is 0 Å². The average Bonchev–Trinajstić information content (AvgIpc) is 2.66. The molecule has 2 aromatic rings. The van der Waals surface area contributed by atoms with Crippen molar-refractivity contribution >= 4 is 17.6 Å². The van der Waals surface area contributed by atoms with E-state index in [1.807, 2.05) is 18.2 Å². The standard InChI is InChI=1S/C19H19NO5/c1-20(14-8-5-4-6-9-14)17(21)12-13-18(22)25-19-15(23-2)10-7-11-16(19)24-3/h4-13H,1-3H3/b13-12+. The van der Waals surface area contributed by atoms with E-state index >= 15 is 0 Å². The summed E-state index contributed by atoms with van der Waals surface area (Å²) in [5, 5.41) is 0. The number of para-hydroxylation sites is 2. The highest BCUT2D eigenvalue weighted by Crippen LogP contribution is 2.36. The highest BCUT2D eigenvalue weighted by atomic mass is 16.6. The maximum Gasteiger partial charge on any atom is 0.336 e. The van der Waals surface area contributed by atoms with Crippen LogP contribution in [0.1, 0.15) is 0 Å². The number of nitrogens with zero attached hydrogens (tertiary/aromatic N) is 1. The van der Waals surface area contributed by atoms with Gasteiger partial charge in [-0.05, 0) is 24.3 Å². The Morgan fingerprint density at radius 1 is 0.880 bits per heavy atom. The van der Waals surface area contributed by atoms with E-state index < -0.39 is 5.97 Å². The molecular formula is C19H19NO5. The number of rotatable bonds is 6. The average molecular weight is 341 g/mol. The van der Waals surface area contributed by atoms with E-state index in [0.717, 1.165) is 17.8 Å². The summed E-state index contributed by atoms with van der Waals surface area (Å²) in [6.45, 7) is 0. The molecule has 6 heteroatoms. The molecule has 0 aliphatic heterocycles. The molecule has 6 nitrogen and oxygen atoms in total. The van der Waals surface area contributed by atoms with E-state index in [4.69, 9.17) is 14.2 Å². The summed E-state index contributed by atoms with van der Waals surface area (Å²) >= 11 is 0. The van der Waals surface area contributed by atoms with Crippen molar-refractivity contribution < 1.29 is 23.8 Å². The Hall–Kier alpha value is -3.28. The molecule has 130 valence electrons. The van der Waals surface area contributed by atoms with Crippen LogP contribution in [-0.4, -0.2) is 33.1 Å². The van der Waals surface area contributed by atoms with Gasteiger partial charge in [-0.1, -0.05) is 24.3 Å². The molecule has 0 aliphatic rings. The van der Waals surface area contributed by atoms with Crippen molar-refractivity contribution in [3.8, 4) is 17.2 Å². The second kappa shape index (κ2) is 8.54. The second-order valence-electron chi connectivity index (χ2n) is 4.98. The van der Waals surface area contributed by atoms with Gasteiger partial charge in [0.1, 0.15) is 0 Å². The number of hydrogen-bond donors (Lipinski definition) is 0. The van der Waals surface area contributed by atoms with E-state index in [0.29, 0.717) is 11.5 Å². The first-order valence-electron chi connectivity index (χ1n) is 7.50. The number of amides is 1. The van der Waals surface area contributed by atoms with Gasteiger partial charge in [0.05, 0.1) is 14.2 Å². The summed E-state index contributed by atoms with van der Waals surface area (Å²) in [4.78, 5) is 25.6. The molecule has 0 saturated carbocycles. The van der Waals surface area contributed by atoms with E-state index in [1.165, 1.54) is 19.1 Å². The van der Waals surface area contributed by atoms with Crippen LogP contribution in [0, 0.1) is 0 Å². The van der Waals surface area contributed by atoms with Gasteiger partial charge >= 0.3 is 5.97 Å². The lowest BCUT2D eigenvalue weighted by Crippen LogP contribution is -2.24. The van der Waals surface area contributed by atoms with Crippen LogP contribution in [-0.2, 0) is 9.59 Å². The fourth-order valence-electron chi connectivity index (χ4n) is 2.08. The molecule has 0 atom stereocenters. The lowest BCUT2D eigenvalue weighted by atomic mass is 10.3. The fraction of sp³-hybridized carbons (Fsp3) is 0.158. The third-order valence-electron chi connectivity index (χ3n) is 3.42. The molecule has 2 rings (SSSR count). The van der Waals surface area contributed by atoms with Gasteiger partial charge in [-0.2, -0.15) is 0 Å². The van der Waals surface area contributed by atoms with Crippen molar-refractivity contribution in [3.63, 3.8) is 0 Å². The van der Waals surface area contributed by atoms with Crippen LogP contribution < -0.4 is 19.1 Å². The normalized spacial score (nSPS) is 10.4. The molecule has 0 radical (unpaired) electrons. The van der Waals surface area contributed by atoms with Crippen molar-refractivity contribution in [1.29, 1.82) is 0 Å². The second-order valence-corrected chi connectivity index (χ2v) is 4.98. The first-order valence-corrected chi connectivity index (χ1v) is 7.50. The molecule has 0 N–H and O–H groups in total. The summed E-state index contributed by atoms with van der Waals surface area (Å²) in [5.74, 6) is -0.193. The zero-order valence-electron chi connectivity index (χ0n) is 14.3. The van der Waals surface area contributed by atoms with Crippen molar-refractivity contribution in [2.75, 3.05) is 26.2 Å². The van der Waals surface area contributed by atoms with Crippen molar-refractivity contribution in [2.24, 2.45) is 0 Å². The summed E-state index contributed by atoms with van der Waals surface area (Å²) in [7, 11) is 4.54. The van der Waals surface area contributed by atoms with Gasteiger partial charge < -0.3 is 19.1 Å². The van der Waals surface area contributed by atoms with Crippen molar-refractivity contribution in [1.82, 2.24) is 0 Å². The number of ether oxygens (including phenoxy) is 3. The molecular weight excluding hydrogens is 322 g/mol. The van der Waals surface area contributed by atoms with Gasteiger partial charge in [-0.15, -0.1) is 0 Å². The summed E-state index contributed by atoms with van der Waals surface area (Å²) < 4.78 is 15.6. The van der Waals surface area contributed by atoms with Crippen molar-refractivity contribution in [3.05, 3.63) is 60.7 Å². The Kier molecular flexibility index (Phi) is 6.17. The molecule has 1 amide bonds. The number of likely N-dealkylation sites (N-methyl/N-ethyl adjacent to an activating group) is 1.